The van der Waals surface area contributed by atoms with Crippen molar-refractivity contribution in [3.63, 3.8) is 0 Å². The van der Waals surface area contributed by atoms with Crippen molar-refractivity contribution in [3.05, 3.63) is 11.6 Å². The van der Waals surface area contributed by atoms with Gasteiger partial charge >= 0.3 is 0 Å². The van der Waals surface area contributed by atoms with Crippen LogP contribution >= 0.6 is 0 Å². The van der Waals surface area contributed by atoms with E-state index in [1.54, 1.807) is 4.68 Å². The Morgan fingerprint density at radius 1 is 1.67 bits per heavy atom. The van der Waals surface area contributed by atoms with E-state index in [-0.39, 0.29) is 0 Å². The molecule has 4 nitrogen and oxygen atoms in total. The maximum atomic E-state index is 5.34. The Bertz CT molecular complexity index is 203. The Labute approximate surface area is 53.7 Å². The van der Waals surface area contributed by atoms with Gasteiger partial charge in [0.25, 0.3) is 0 Å². The quantitative estimate of drug-likeness (QED) is 0.556. The Balaban J connectivity index is 3.01. The molecule has 1 aromatic rings. The van der Waals surface area contributed by atoms with E-state index in [9.17, 15) is 0 Å². The summed E-state index contributed by atoms with van der Waals surface area (Å²) in [5.41, 5.74) is 5.34. The third-order valence-electron chi connectivity index (χ3n) is 1.14. The van der Waals surface area contributed by atoms with E-state index in [1.807, 2.05) is 14.0 Å². The summed E-state index contributed by atoms with van der Waals surface area (Å²) in [5.74, 6) is 1.60. The fourth-order valence-electron chi connectivity index (χ4n) is 0.734. The standard InChI is InChI=1S/C5H10N4/c1-4-7-5(3-6)9(2)8-4/h3,6H2,1-2H3. The summed E-state index contributed by atoms with van der Waals surface area (Å²) >= 11 is 0. The normalized spacial score (nSPS) is 10.1. The molecule has 0 spiro atoms. The zero-order chi connectivity index (χ0) is 6.85. The monoisotopic (exact) mass is 126 g/mol. The SMILES string of the molecule is Cc1nc(CN)n(C)n1. The number of hydrogen-bond acceptors (Lipinski definition) is 3. The van der Waals surface area contributed by atoms with Gasteiger partial charge in [-0.1, -0.05) is 0 Å². The highest BCUT2D eigenvalue weighted by atomic mass is 15.3. The summed E-state index contributed by atoms with van der Waals surface area (Å²) in [4.78, 5) is 4.06. The molecule has 0 aromatic carbocycles. The van der Waals surface area contributed by atoms with Gasteiger partial charge in [0.05, 0.1) is 6.54 Å². The molecule has 1 aromatic heterocycles. The molecule has 0 saturated heterocycles. The van der Waals surface area contributed by atoms with Crippen LogP contribution in [0.1, 0.15) is 11.6 Å². The van der Waals surface area contributed by atoms with Crippen molar-refractivity contribution >= 4 is 0 Å². The number of nitrogens with two attached hydrogens (primary N) is 1. The highest BCUT2D eigenvalue weighted by molar-refractivity contribution is 4.88. The lowest BCUT2D eigenvalue weighted by atomic mass is 10.6. The zero-order valence-corrected chi connectivity index (χ0v) is 5.63. The van der Waals surface area contributed by atoms with Crippen molar-refractivity contribution in [1.82, 2.24) is 14.8 Å². The maximum Gasteiger partial charge on any atom is 0.147 e. The van der Waals surface area contributed by atoms with Crippen molar-refractivity contribution < 1.29 is 0 Å². The van der Waals surface area contributed by atoms with Crippen LogP contribution in [0.3, 0.4) is 0 Å². The van der Waals surface area contributed by atoms with E-state index in [4.69, 9.17) is 5.73 Å². The van der Waals surface area contributed by atoms with Gasteiger partial charge in [0, 0.05) is 7.05 Å². The summed E-state index contributed by atoms with van der Waals surface area (Å²) in [5, 5.41) is 4.01. The molecule has 0 unspecified atom stereocenters. The van der Waals surface area contributed by atoms with Crippen molar-refractivity contribution in [2.45, 2.75) is 13.5 Å². The molecular weight excluding hydrogens is 116 g/mol. The van der Waals surface area contributed by atoms with E-state index in [0.717, 1.165) is 11.6 Å². The average molecular weight is 126 g/mol. The number of aromatic nitrogens is 3. The fraction of sp³-hybridized carbons (Fsp3) is 0.600. The van der Waals surface area contributed by atoms with Crippen LogP contribution in [0.15, 0.2) is 0 Å². The topological polar surface area (TPSA) is 56.7 Å². The van der Waals surface area contributed by atoms with Gasteiger partial charge in [0.15, 0.2) is 0 Å². The Morgan fingerprint density at radius 2 is 2.33 bits per heavy atom. The van der Waals surface area contributed by atoms with Crippen LogP contribution in [0.5, 0.6) is 0 Å². The minimum Gasteiger partial charge on any atom is -0.324 e. The summed E-state index contributed by atoms with van der Waals surface area (Å²) in [7, 11) is 1.84. The van der Waals surface area contributed by atoms with Gasteiger partial charge in [-0.25, -0.2) is 4.98 Å². The molecule has 0 aliphatic heterocycles. The van der Waals surface area contributed by atoms with E-state index in [1.165, 1.54) is 0 Å². The third kappa shape index (κ3) is 1.08. The Kier molecular flexibility index (Phi) is 1.48. The molecule has 4 heteroatoms. The second kappa shape index (κ2) is 2.14. The van der Waals surface area contributed by atoms with Gasteiger partial charge < -0.3 is 5.73 Å². The minimum absolute atomic E-state index is 0.456. The Hall–Kier alpha value is -0.900. The summed E-state index contributed by atoms with van der Waals surface area (Å²) in [6.45, 7) is 2.30. The molecule has 0 saturated carbocycles. The van der Waals surface area contributed by atoms with E-state index in [0.29, 0.717) is 6.54 Å². The maximum absolute atomic E-state index is 5.34. The highest BCUT2D eigenvalue weighted by Crippen LogP contribution is 1.91. The lowest BCUT2D eigenvalue weighted by molar-refractivity contribution is 0.699. The van der Waals surface area contributed by atoms with Crippen molar-refractivity contribution in [1.29, 1.82) is 0 Å². The first-order valence-corrected chi connectivity index (χ1v) is 2.80. The summed E-state index contributed by atoms with van der Waals surface area (Å²) in [6, 6.07) is 0. The zero-order valence-electron chi connectivity index (χ0n) is 5.63. The largest absolute Gasteiger partial charge is 0.324 e. The number of hydrogen-bond donors (Lipinski definition) is 1. The van der Waals surface area contributed by atoms with Gasteiger partial charge in [-0.05, 0) is 6.92 Å². The van der Waals surface area contributed by atoms with Crippen molar-refractivity contribution in [2.75, 3.05) is 0 Å². The molecule has 1 heterocycles. The molecule has 50 valence electrons. The smallest absolute Gasteiger partial charge is 0.147 e. The molecule has 0 aliphatic rings. The van der Waals surface area contributed by atoms with Gasteiger partial charge in [-0.15, -0.1) is 0 Å². The molecule has 2 N–H and O–H groups in total. The molecule has 0 atom stereocenters. The Morgan fingerprint density at radius 3 is 2.56 bits per heavy atom. The molecule has 9 heavy (non-hydrogen) atoms. The fourth-order valence-corrected chi connectivity index (χ4v) is 0.734. The van der Waals surface area contributed by atoms with Crippen LogP contribution < -0.4 is 5.73 Å². The number of aryl methyl sites for hydroxylation is 2. The van der Waals surface area contributed by atoms with Crippen LogP contribution in [0.4, 0.5) is 0 Å². The van der Waals surface area contributed by atoms with Gasteiger partial charge in [-0.2, -0.15) is 5.10 Å². The highest BCUT2D eigenvalue weighted by Gasteiger charge is 1.98. The average Bonchev–Trinajstić information content (AvgIpc) is 2.10. The van der Waals surface area contributed by atoms with E-state index >= 15 is 0 Å². The van der Waals surface area contributed by atoms with E-state index in [2.05, 4.69) is 10.1 Å². The first kappa shape index (κ1) is 6.22. The van der Waals surface area contributed by atoms with Gasteiger partial charge in [0.2, 0.25) is 0 Å². The second-order valence-corrected chi connectivity index (χ2v) is 1.90. The molecular formula is C5H10N4. The summed E-state index contributed by atoms with van der Waals surface area (Å²) < 4.78 is 1.69. The number of rotatable bonds is 1. The summed E-state index contributed by atoms with van der Waals surface area (Å²) in [6.07, 6.45) is 0. The predicted molar refractivity (Wildman–Crippen MR) is 33.6 cm³/mol. The minimum atomic E-state index is 0.456. The van der Waals surface area contributed by atoms with Crippen LogP contribution in [-0.2, 0) is 13.6 Å². The molecule has 0 fully saturated rings. The molecule has 1 rings (SSSR count). The van der Waals surface area contributed by atoms with Gasteiger partial charge in [-0.3, -0.25) is 4.68 Å². The lowest BCUT2D eigenvalue weighted by Crippen LogP contribution is -2.05. The molecule has 0 bridgehead atoms. The van der Waals surface area contributed by atoms with Crippen LogP contribution in [-0.4, -0.2) is 14.8 Å². The molecule has 0 radical (unpaired) electrons. The molecule has 0 amide bonds. The third-order valence-corrected chi connectivity index (χ3v) is 1.14. The van der Waals surface area contributed by atoms with Crippen LogP contribution in [0.25, 0.3) is 0 Å². The predicted octanol–water partition coefficient (Wildman–Crippen LogP) is -0.418. The number of nitrogens with zero attached hydrogens (tertiary/aromatic N) is 3. The van der Waals surface area contributed by atoms with Gasteiger partial charge in [0.1, 0.15) is 11.6 Å². The van der Waals surface area contributed by atoms with Crippen LogP contribution in [0, 0.1) is 6.92 Å². The molecule has 0 aliphatic carbocycles. The van der Waals surface area contributed by atoms with Crippen LogP contribution in [0.2, 0.25) is 0 Å². The lowest BCUT2D eigenvalue weighted by Gasteiger charge is -1.90. The first-order chi connectivity index (χ1) is 4.24. The van der Waals surface area contributed by atoms with Crippen molar-refractivity contribution in [3.8, 4) is 0 Å². The first-order valence-electron chi connectivity index (χ1n) is 2.80. The van der Waals surface area contributed by atoms with Crippen molar-refractivity contribution in [2.24, 2.45) is 12.8 Å². The second-order valence-electron chi connectivity index (χ2n) is 1.90. The van der Waals surface area contributed by atoms with E-state index < -0.39 is 0 Å².